The van der Waals surface area contributed by atoms with Crippen molar-refractivity contribution in [2.24, 2.45) is 0 Å². The number of pyridine rings is 1. The molecule has 0 atom stereocenters. The second-order valence-electron chi connectivity index (χ2n) is 6.53. The summed E-state index contributed by atoms with van der Waals surface area (Å²) in [6, 6.07) is 5.67. The first kappa shape index (κ1) is 23.5. The first-order valence-corrected chi connectivity index (χ1v) is 9.24. The molecular formula is C20H22N2O9. The fraction of sp³-hybridized carbons (Fsp3) is 0.350. The highest BCUT2D eigenvalue weighted by atomic mass is 16.7. The van der Waals surface area contributed by atoms with E-state index in [1.807, 2.05) is 0 Å². The summed E-state index contributed by atoms with van der Waals surface area (Å²) in [5, 5.41) is 20.4. The number of aryl methyl sites for hydroxylation is 2. The van der Waals surface area contributed by atoms with Crippen molar-refractivity contribution in [2.45, 2.75) is 33.8 Å². The van der Waals surface area contributed by atoms with Crippen molar-refractivity contribution in [1.82, 2.24) is 4.98 Å². The summed E-state index contributed by atoms with van der Waals surface area (Å²) in [7, 11) is 0. The minimum atomic E-state index is -1.17. The molecule has 0 radical (unpaired) electrons. The lowest BCUT2D eigenvalue weighted by Crippen LogP contribution is -2.18. The fourth-order valence-electron chi connectivity index (χ4n) is 2.70. The van der Waals surface area contributed by atoms with Crippen molar-refractivity contribution in [2.75, 3.05) is 13.2 Å². The highest BCUT2D eigenvalue weighted by Crippen LogP contribution is 2.45. The summed E-state index contributed by atoms with van der Waals surface area (Å²) >= 11 is 0. The lowest BCUT2D eigenvalue weighted by Gasteiger charge is -2.18. The molecule has 0 spiro atoms. The molecule has 0 aliphatic heterocycles. The third-order valence-electron chi connectivity index (χ3n) is 3.83. The molecule has 166 valence electrons. The molecular weight excluding hydrogens is 412 g/mol. The van der Waals surface area contributed by atoms with Crippen LogP contribution in [0.2, 0.25) is 0 Å². The number of rotatable bonds is 7. The Hall–Kier alpha value is -3.73. The maximum atomic E-state index is 12.2. The molecule has 0 unspecified atom stereocenters. The summed E-state index contributed by atoms with van der Waals surface area (Å²) in [6.07, 6.45) is -2.71. The average Bonchev–Trinajstić information content (AvgIpc) is 2.69. The van der Waals surface area contributed by atoms with Crippen LogP contribution in [0.15, 0.2) is 24.3 Å². The smallest absolute Gasteiger partial charge is 0.432 e. The first-order valence-electron chi connectivity index (χ1n) is 9.24. The molecule has 0 bridgehead atoms. The van der Waals surface area contributed by atoms with Gasteiger partial charge in [0.1, 0.15) is 6.61 Å². The van der Waals surface area contributed by atoms with Crippen LogP contribution >= 0.6 is 0 Å². The van der Waals surface area contributed by atoms with Crippen LogP contribution in [-0.2, 0) is 9.47 Å². The van der Waals surface area contributed by atoms with Gasteiger partial charge in [0.25, 0.3) is 5.69 Å². The summed E-state index contributed by atoms with van der Waals surface area (Å²) in [5.41, 5.74) is 0.0686. The quantitative estimate of drug-likeness (QED) is 0.388. The van der Waals surface area contributed by atoms with Crippen molar-refractivity contribution in [3.8, 4) is 22.6 Å². The van der Waals surface area contributed by atoms with Gasteiger partial charge >= 0.3 is 12.3 Å². The van der Waals surface area contributed by atoms with E-state index < -0.39 is 29.9 Å². The Kier molecular flexibility index (Phi) is 7.86. The maximum Gasteiger partial charge on any atom is 0.514 e. The number of nitrogens with zero attached hydrogens (tertiary/aromatic N) is 2. The van der Waals surface area contributed by atoms with Crippen LogP contribution < -0.4 is 9.47 Å². The second-order valence-corrected chi connectivity index (χ2v) is 6.53. The standard InChI is InChI=1S/C20H22N2O9/c1-11(2)29-20(25)31-18-13(4)21-12(3)17(30-19(24)28-10-9-23)16(18)14-7-5-6-8-15(14)22(26)27/h5-8,11,23H,9-10H2,1-4H3. The first-order chi connectivity index (χ1) is 14.6. The molecule has 0 fully saturated rings. The van der Waals surface area contributed by atoms with Gasteiger partial charge in [-0.25, -0.2) is 9.59 Å². The summed E-state index contributed by atoms with van der Waals surface area (Å²) in [6.45, 7) is 5.54. The Labute approximate surface area is 177 Å². The molecule has 0 aliphatic carbocycles. The van der Waals surface area contributed by atoms with Crippen LogP contribution in [0, 0.1) is 24.0 Å². The van der Waals surface area contributed by atoms with E-state index in [-0.39, 0.29) is 46.3 Å². The number of hydrogen-bond donors (Lipinski definition) is 1. The van der Waals surface area contributed by atoms with E-state index in [1.54, 1.807) is 13.8 Å². The number of ether oxygens (including phenoxy) is 4. The average molecular weight is 434 g/mol. The number of carbonyl (C=O) groups is 2. The molecule has 0 saturated carbocycles. The predicted molar refractivity (Wildman–Crippen MR) is 107 cm³/mol. The van der Waals surface area contributed by atoms with Crippen molar-refractivity contribution < 1.29 is 38.6 Å². The minimum Gasteiger partial charge on any atom is -0.432 e. The van der Waals surface area contributed by atoms with Crippen molar-refractivity contribution in [3.05, 3.63) is 45.8 Å². The van der Waals surface area contributed by atoms with E-state index >= 15 is 0 Å². The fourth-order valence-corrected chi connectivity index (χ4v) is 2.70. The number of hydrogen-bond acceptors (Lipinski definition) is 10. The van der Waals surface area contributed by atoms with Gasteiger partial charge in [-0.05, 0) is 33.8 Å². The van der Waals surface area contributed by atoms with Gasteiger partial charge in [0, 0.05) is 6.07 Å². The zero-order chi connectivity index (χ0) is 23.1. The molecule has 11 heteroatoms. The van der Waals surface area contributed by atoms with E-state index in [2.05, 4.69) is 4.98 Å². The number of aliphatic hydroxyl groups excluding tert-OH is 1. The third kappa shape index (κ3) is 5.89. The van der Waals surface area contributed by atoms with E-state index in [9.17, 15) is 19.7 Å². The molecule has 0 aliphatic rings. The van der Waals surface area contributed by atoms with Gasteiger partial charge in [0.05, 0.1) is 40.1 Å². The number of benzene rings is 1. The van der Waals surface area contributed by atoms with Crippen LogP contribution in [0.3, 0.4) is 0 Å². The summed E-state index contributed by atoms with van der Waals surface area (Å²) in [4.78, 5) is 39.4. The van der Waals surface area contributed by atoms with Crippen LogP contribution in [0.5, 0.6) is 11.5 Å². The Bertz CT molecular complexity index is 989. The summed E-state index contributed by atoms with van der Waals surface area (Å²) < 4.78 is 20.3. The lowest BCUT2D eigenvalue weighted by atomic mass is 10.00. The van der Waals surface area contributed by atoms with Crippen molar-refractivity contribution in [3.63, 3.8) is 0 Å². The molecule has 1 heterocycles. The van der Waals surface area contributed by atoms with E-state index in [0.717, 1.165) is 0 Å². The zero-order valence-corrected chi connectivity index (χ0v) is 17.4. The van der Waals surface area contributed by atoms with Crippen LogP contribution in [0.1, 0.15) is 25.2 Å². The number of nitro benzene ring substituents is 1. The van der Waals surface area contributed by atoms with Crippen molar-refractivity contribution >= 4 is 18.0 Å². The van der Waals surface area contributed by atoms with Gasteiger partial charge in [-0.1, -0.05) is 12.1 Å². The number of aromatic nitrogens is 1. The third-order valence-corrected chi connectivity index (χ3v) is 3.83. The number of aliphatic hydroxyl groups is 1. The SMILES string of the molecule is Cc1nc(C)c(OC(=O)OC(C)C)c(-c2ccccc2[N+](=O)[O-])c1OC(=O)OCCO. The maximum absolute atomic E-state index is 12.2. The molecule has 2 rings (SSSR count). The second kappa shape index (κ2) is 10.3. The molecule has 0 saturated heterocycles. The topological polar surface area (TPSA) is 147 Å². The Balaban J connectivity index is 2.73. The van der Waals surface area contributed by atoms with Crippen LogP contribution in [0.25, 0.3) is 11.1 Å². The van der Waals surface area contributed by atoms with Gasteiger partial charge in [-0.3, -0.25) is 15.1 Å². The monoisotopic (exact) mass is 434 g/mol. The number of para-hydroxylation sites is 1. The van der Waals surface area contributed by atoms with Gasteiger partial charge < -0.3 is 24.1 Å². The molecule has 2 aromatic rings. The molecule has 1 aromatic carbocycles. The molecule has 0 amide bonds. The largest absolute Gasteiger partial charge is 0.514 e. The highest BCUT2D eigenvalue weighted by molar-refractivity contribution is 5.87. The minimum absolute atomic E-state index is 0.0263. The predicted octanol–water partition coefficient (Wildman–Crippen LogP) is 3.71. The number of carbonyl (C=O) groups excluding carboxylic acids is 2. The molecule has 31 heavy (non-hydrogen) atoms. The normalized spacial score (nSPS) is 10.5. The van der Waals surface area contributed by atoms with Gasteiger partial charge in [-0.2, -0.15) is 0 Å². The van der Waals surface area contributed by atoms with E-state index in [0.29, 0.717) is 0 Å². The molecule has 11 nitrogen and oxygen atoms in total. The lowest BCUT2D eigenvalue weighted by molar-refractivity contribution is -0.384. The highest BCUT2D eigenvalue weighted by Gasteiger charge is 2.29. The van der Waals surface area contributed by atoms with E-state index in [1.165, 1.54) is 38.1 Å². The van der Waals surface area contributed by atoms with Gasteiger partial charge in [0.2, 0.25) is 0 Å². The molecule has 1 aromatic heterocycles. The van der Waals surface area contributed by atoms with Crippen LogP contribution in [0.4, 0.5) is 15.3 Å². The zero-order valence-electron chi connectivity index (χ0n) is 17.4. The number of nitro groups is 1. The Morgan fingerprint density at radius 2 is 1.68 bits per heavy atom. The van der Waals surface area contributed by atoms with Crippen LogP contribution in [-0.4, -0.2) is 46.6 Å². The van der Waals surface area contributed by atoms with Gasteiger partial charge in [0.15, 0.2) is 11.5 Å². The summed E-state index contributed by atoms with van der Waals surface area (Å²) in [5.74, 6) is -0.370. The Morgan fingerprint density at radius 3 is 2.23 bits per heavy atom. The molecule has 1 N–H and O–H groups in total. The Morgan fingerprint density at radius 1 is 1.10 bits per heavy atom. The van der Waals surface area contributed by atoms with Crippen molar-refractivity contribution in [1.29, 1.82) is 0 Å². The van der Waals surface area contributed by atoms with E-state index in [4.69, 9.17) is 24.1 Å². The van der Waals surface area contributed by atoms with Gasteiger partial charge in [-0.15, -0.1) is 0 Å².